The number of anilines is 2. The number of nitrogens with one attached hydrogen (secondary N) is 1. The molecule has 6 heteroatoms. The van der Waals surface area contributed by atoms with Crippen LogP contribution in [0.1, 0.15) is 0 Å². The van der Waals surface area contributed by atoms with Gasteiger partial charge in [0.05, 0.1) is 15.7 Å². The smallest absolute Gasteiger partial charge is 0.166 e. The summed E-state index contributed by atoms with van der Waals surface area (Å²) in [4.78, 5) is 1.66. The summed E-state index contributed by atoms with van der Waals surface area (Å²) in [5.41, 5.74) is 1.87. The quantitative estimate of drug-likeness (QED) is 0.821. The van der Waals surface area contributed by atoms with Crippen LogP contribution in [0.4, 0.5) is 11.4 Å². The standard InChI is InChI=1S/C18H13Cl2N3O/c19-14-7-4-8-15(20)18(14)23-12-24-17(16(23)11-21)9-10-22-13-5-2-1-3-6-13/h1-10,22H,12H2/b10-9+. The monoisotopic (exact) mass is 357 g/mol. The second kappa shape index (κ2) is 7.31. The van der Waals surface area contributed by atoms with Crippen molar-refractivity contribution in [3.63, 3.8) is 0 Å². The Kier molecular flexibility index (Phi) is 4.95. The average molecular weight is 358 g/mol. The van der Waals surface area contributed by atoms with Crippen molar-refractivity contribution in [2.45, 2.75) is 0 Å². The average Bonchev–Trinajstić information content (AvgIpc) is 2.98. The van der Waals surface area contributed by atoms with Gasteiger partial charge in [0, 0.05) is 11.9 Å². The van der Waals surface area contributed by atoms with Gasteiger partial charge in [0.15, 0.2) is 18.2 Å². The van der Waals surface area contributed by atoms with Gasteiger partial charge in [0.1, 0.15) is 6.07 Å². The number of halogens is 2. The van der Waals surface area contributed by atoms with Gasteiger partial charge in [-0.15, -0.1) is 0 Å². The summed E-state index contributed by atoms with van der Waals surface area (Å²) in [6.07, 6.45) is 3.43. The Morgan fingerprint density at radius 1 is 1.08 bits per heavy atom. The first kappa shape index (κ1) is 16.3. The van der Waals surface area contributed by atoms with Gasteiger partial charge in [0.25, 0.3) is 0 Å². The SMILES string of the molecule is N#CC1=C(/C=C/Nc2ccccc2)OCN1c1c(Cl)cccc1Cl. The maximum absolute atomic E-state index is 9.50. The Bertz CT molecular complexity index is 821. The lowest BCUT2D eigenvalue weighted by Gasteiger charge is -2.18. The lowest BCUT2D eigenvalue weighted by Crippen LogP contribution is -2.19. The molecule has 0 atom stereocenters. The lowest BCUT2D eigenvalue weighted by atomic mass is 10.2. The number of benzene rings is 2. The number of hydrogen-bond donors (Lipinski definition) is 1. The van der Waals surface area contributed by atoms with E-state index in [1.165, 1.54) is 0 Å². The van der Waals surface area contributed by atoms with E-state index in [4.69, 9.17) is 27.9 Å². The molecule has 0 spiro atoms. The van der Waals surface area contributed by atoms with Crippen LogP contribution in [-0.4, -0.2) is 6.73 Å². The summed E-state index contributed by atoms with van der Waals surface area (Å²) in [6, 6.07) is 17.0. The van der Waals surface area contributed by atoms with E-state index in [2.05, 4.69) is 11.4 Å². The van der Waals surface area contributed by atoms with Crippen LogP contribution < -0.4 is 10.2 Å². The predicted molar refractivity (Wildman–Crippen MR) is 96.7 cm³/mol. The minimum absolute atomic E-state index is 0.178. The molecule has 0 saturated heterocycles. The molecule has 2 aromatic rings. The van der Waals surface area contributed by atoms with E-state index in [1.807, 2.05) is 30.3 Å². The summed E-state index contributed by atoms with van der Waals surface area (Å²) < 4.78 is 5.61. The number of rotatable bonds is 4. The van der Waals surface area contributed by atoms with Crippen molar-refractivity contribution in [3.8, 4) is 6.07 Å². The minimum atomic E-state index is 0.178. The fraction of sp³-hybridized carbons (Fsp3) is 0.0556. The van der Waals surface area contributed by atoms with Crippen molar-refractivity contribution in [3.05, 3.63) is 82.3 Å². The molecule has 0 bridgehead atoms. The van der Waals surface area contributed by atoms with E-state index in [-0.39, 0.29) is 6.73 Å². The maximum atomic E-state index is 9.50. The van der Waals surface area contributed by atoms with Gasteiger partial charge in [-0.05, 0) is 30.3 Å². The fourth-order valence-corrected chi connectivity index (χ4v) is 2.92. The molecular formula is C18H13Cl2N3O. The van der Waals surface area contributed by atoms with Crippen LogP contribution in [0.15, 0.2) is 72.3 Å². The third-order valence-electron chi connectivity index (χ3n) is 3.42. The second-order valence-electron chi connectivity index (χ2n) is 4.94. The van der Waals surface area contributed by atoms with Crippen LogP contribution in [0.5, 0.6) is 0 Å². The molecule has 2 aromatic carbocycles. The number of ether oxygens (including phenoxy) is 1. The normalized spacial score (nSPS) is 14.0. The summed E-state index contributed by atoms with van der Waals surface area (Å²) in [7, 11) is 0. The number of allylic oxidation sites excluding steroid dienone is 2. The van der Waals surface area contributed by atoms with E-state index in [1.54, 1.807) is 35.4 Å². The largest absolute Gasteiger partial charge is 0.470 e. The highest BCUT2D eigenvalue weighted by Gasteiger charge is 2.27. The first-order valence-corrected chi connectivity index (χ1v) is 7.93. The molecule has 1 aliphatic rings. The third kappa shape index (κ3) is 3.33. The number of hydrogen-bond acceptors (Lipinski definition) is 4. The van der Waals surface area contributed by atoms with Gasteiger partial charge in [-0.25, -0.2) is 0 Å². The van der Waals surface area contributed by atoms with Crippen molar-refractivity contribution < 1.29 is 4.74 Å². The molecule has 24 heavy (non-hydrogen) atoms. The Hall–Kier alpha value is -2.61. The highest BCUT2D eigenvalue weighted by atomic mass is 35.5. The number of para-hydroxylation sites is 2. The Morgan fingerprint density at radius 3 is 2.46 bits per heavy atom. The highest BCUT2D eigenvalue weighted by Crippen LogP contribution is 2.38. The first-order chi connectivity index (χ1) is 11.7. The van der Waals surface area contributed by atoms with Gasteiger partial charge in [-0.3, -0.25) is 4.90 Å². The van der Waals surface area contributed by atoms with Crippen LogP contribution in [0.25, 0.3) is 0 Å². The van der Waals surface area contributed by atoms with Crippen LogP contribution in [0.3, 0.4) is 0 Å². The molecule has 3 rings (SSSR count). The van der Waals surface area contributed by atoms with E-state index < -0.39 is 0 Å². The van der Waals surface area contributed by atoms with Crippen LogP contribution in [0.2, 0.25) is 10.0 Å². The first-order valence-electron chi connectivity index (χ1n) is 7.17. The summed E-state index contributed by atoms with van der Waals surface area (Å²) in [5.74, 6) is 0.455. The third-order valence-corrected chi connectivity index (χ3v) is 4.03. The molecule has 0 radical (unpaired) electrons. The van der Waals surface area contributed by atoms with Crippen molar-refractivity contribution in [1.29, 1.82) is 5.26 Å². The van der Waals surface area contributed by atoms with E-state index in [0.29, 0.717) is 27.2 Å². The van der Waals surface area contributed by atoms with Gasteiger partial charge in [-0.2, -0.15) is 5.26 Å². The number of nitrogens with zero attached hydrogens (tertiary/aromatic N) is 2. The second-order valence-corrected chi connectivity index (χ2v) is 5.75. The van der Waals surface area contributed by atoms with Crippen molar-refractivity contribution >= 4 is 34.6 Å². The molecule has 0 aromatic heterocycles. The number of nitriles is 1. The van der Waals surface area contributed by atoms with Gasteiger partial charge in [-0.1, -0.05) is 47.5 Å². The molecule has 0 unspecified atom stereocenters. The van der Waals surface area contributed by atoms with Gasteiger partial charge in [0.2, 0.25) is 0 Å². The zero-order valence-electron chi connectivity index (χ0n) is 12.5. The summed E-state index contributed by atoms with van der Waals surface area (Å²) in [6.45, 7) is 0.178. The fourth-order valence-electron chi connectivity index (χ4n) is 2.31. The maximum Gasteiger partial charge on any atom is 0.166 e. The molecule has 0 aliphatic carbocycles. The molecule has 0 fully saturated rings. The molecular weight excluding hydrogens is 345 g/mol. The van der Waals surface area contributed by atoms with E-state index in [0.717, 1.165) is 5.69 Å². The molecule has 1 heterocycles. The summed E-state index contributed by atoms with van der Waals surface area (Å²) in [5, 5.41) is 13.5. The molecule has 0 amide bonds. The topological polar surface area (TPSA) is 48.3 Å². The van der Waals surface area contributed by atoms with Gasteiger partial charge < -0.3 is 10.1 Å². The van der Waals surface area contributed by atoms with Crippen molar-refractivity contribution in [2.75, 3.05) is 16.9 Å². The van der Waals surface area contributed by atoms with E-state index in [9.17, 15) is 5.26 Å². The Morgan fingerprint density at radius 2 is 1.79 bits per heavy atom. The van der Waals surface area contributed by atoms with Gasteiger partial charge >= 0.3 is 0 Å². The van der Waals surface area contributed by atoms with Crippen molar-refractivity contribution in [2.24, 2.45) is 0 Å². The van der Waals surface area contributed by atoms with Crippen LogP contribution >= 0.6 is 23.2 Å². The molecule has 1 N–H and O–H groups in total. The molecule has 0 saturated carbocycles. The zero-order valence-corrected chi connectivity index (χ0v) is 14.1. The Labute approximate surface area is 150 Å². The molecule has 4 nitrogen and oxygen atoms in total. The highest BCUT2D eigenvalue weighted by molar-refractivity contribution is 6.39. The van der Waals surface area contributed by atoms with Crippen molar-refractivity contribution in [1.82, 2.24) is 0 Å². The minimum Gasteiger partial charge on any atom is -0.470 e. The predicted octanol–water partition coefficient (Wildman–Crippen LogP) is 5.15. The molecule has 1 aliphatic heterocycles. The van der Waals surface area contributed by atoms with Crippen LogP contribution in [0, 0.1) is 11.3 Å². The van der Waals surface area contributed by atoms with E-state index >= 15 is 0 Å². The Balaban J connectivity index is 1.84. The molecule has 120 valence electrons. The summed E-state index contributed by atoms with van der Waals surface area (Å²) >= 11 is 12.4. The van der Waals surface area contributed by atoms with Crippen LogP contribution in [-0.2, 0) is 4.74 Å². The zero-order chi connectivity index (χ0) is 16.9. The lowest BCUT2D eigenvalue weighted by molar-refractivity contribution is 0.257.